The van der Waals surface area contributed by atoms with E-state index in [2.05, 4.69) is 15.2 Å². The Bertz CT molecular complexity index is 554. The van der Waals surface area contributed by atoms with Crippen LogP contribution in [0.1, 0.15) is 11.1 Å². The second-order valence-electron chi connectivity index (χ2n) is 3.48. The maximum atomic E-state index is 12.5. The van der Waals surface area contributed by atoms with E-state index in [0.717, 1.165) is 12.1 Å². The van der Waals surface area contributed by atoms with E-state index in [1.165, 1.54) is 18.5 Å². The van der Waals surface area contributed by atoms with Crippen molar-refractivity contribution in [3.8, 4) is 0 Å². The number of halogens is 3. The molecule has 0 bridgehead atoms. The van der Waals surface area contributed by atoms with Gasteiger partial charge in [0.05, 0.1) is 22.1 Å². The predicted octanol–water partition coefficient (Wildman–Crippen LogP) is 2.13. The van der Waals surface area contributed by atoms with Gasteiger partial charge >= 0.3 is 6.18 Å². The van der Waals surface area contributed by atoms with Gasteiger partial charge in [-0.2, -0.15) is 18.3 Å². The van der Waals surface area contributed by atoms with Crippen molar-refractivity contribution in [2.75, 3.05) is 0 Å². The number of H-pyrrole nitrogens is 1. The Kier molecular flexibility index (Phi) is 3.46. The van der Waals surface area contributed by atoms with E-state index >= 15 is 0 Å². The minimum Gasteiger partial charge on any atom is -0.252 e. The molecular formula is C10H8F3N3OS. The van der Waals surface area contributed by atoms with Crippen LogP contribution >= 0.6 is 0 Å². The quantitative estimate of drug-likeness (QED) is 0.933. The average Bonchev–Trinajstić information content (AvgIpc) is 2.81. The van der Waals surface area contributed by atoms with Crippen molar-refractivity contribution in [1.82, 2.24) is 15.2 Å². The number of hydrogen-bond donors (Lipinski definition) is 1. The van der Waals surface area contributed by atoms with Crippen molar-refractivity contribution in [2.45, 2.75) is 17.1 Å². The molecule has 0 saturated carbocycles. The van der Waals surface area contributed by atoms with Crippen molar-refractivity contribution >= 4 is 10.8 Å². The molecule has 0 radical (unpaired) electrons. The maximum Gasteiger partial charge on any atom is 0.416 e. The average molecular weight is 275 g/mol. The summed E-state index contributed by atoms with van der Waals surface area (Å²) in [7, 11) is -1.53. The van der Waals surface area contributed by atoms with Gasteiger partial charge in [-0.1, -0.05) is 18.2 Å². The molecule has 1 atom stereocenters. The van der Waals surface area contributed by atoms with E-state index in [-0.39, 0.29) is 10.9 Å². The number of rotatable bonds is 3. The molecule has 96 valence electrons. The van der Waals surface area contributed by atoms with Crippen LogP contribution in [0, 0.1) is 0 Å². The van der Waals surface area contributed by atoms with Crippen LogP contribution in [-0.2, 0) is 22.7 Å². The molecule has 8 heteroatoms. The lowest BCUT2D eigenvalue weighted by Crippen LogP contribution is -2.06. The van der Waals surface area contributed by atoms with E-state index in [4.69, 9.17) is 0 Å². The first-order chi connectivity index (χ1) is 8.47. The third-order valence-corrected chi connectivity index (χ3v) is 3.38. The molecule has 1 N–H and O–H groups in total. The fraction of sp³-hybridized carbons (Fsp3) is 0.200. The number of benzene rings is 1. The minimum absolute atomic E-state index is 0.0425. The molecule has 0 amide bonds. The Labute approximate surface area is 103 Å². The molecule has 4 nitrogen and oxygen atoms in total. The number of aromatic amines is 1. The van der Waals surface area contributed by atoms with E-state index in [9.17, 15) is 17.4 Å². The van der Waals surface area contributed by atoms with E-state index in [0.29, 0.717) is 5.56 Å². The standard InChI is InChI=1S/C10H8F3N3OS/c11-10(12,13)8-3-1-2-7(4-8)5-18(17)9-14-6-15-16-9/h1-4,6H,5H2,(H,14,15,16)/t18-/m1/s1. The van der Waals surface area contributed by atoms with Crippen LogP contribution in [0.4, 0.5) is 13.2 Å². The summed E-state index contributed by atoms with van der Waals surface area (Å²) in [5, 5.41) is 6.10. The number of alkyl halides is 3. The minimum atomic E-state index is -4.40. The Hall–Kier alpha value is -1.70. The van der Waals surface area contributed by atoms with Crippen molar-refractivity contribution in [3.63, 3.8) is 0 Å². The van der Waals surface area contributed by atoms with Gasteiger partial charge in [0.1, 0.15) is 6.33 Å². The fourth-order valence-electron chi connectivity index (χ4n) is 1.36. The zero-order chi connectivity index (χ0) is 13.2. The topological polar surface area (TPSA) is 58.6 Å². The molecule has 1 aromatic carbocycles. The summed E-state index contributed by atoms with van der Waals surface area (Å²) in [5.74, 6) is -0.0425. The van der Waals surface area contributed by atoms with Gasteiger partial charge in [-0.05, 0) is 11.6 Å². The normalized spacial score (nSPS) is 13.5. The molecule has 2 rings (SSSR count). The van der Waals surface area contributed by atoms with Crippen LogP contribution in [0.3, 0.4) is 0 Å². The maximum absolute atomic E-state index is 12.5. The molecule has 18 heavy (non-hydrogen) atoms. The summed E-state index contributed by atoms with van der Waals surface area (Å²) in [5.41, 5.74) is -0.422. The van der Waals surface area contributed by atoms with Gasteiger partial charge in [0.15, 0.2) is 0 Å². The SMILES string of the molecule is O=[S@](Cc1cccc(C(F)(F)F)c1)c1ncn[nH]1. The van der Waals surface area contributed by atoms with Gasteiger partial charge in [-0.25, -0.2) is 4.98 Å². The Morgan fingerprint density at radius 1 is 1.33 bits per heavy atom. The van der Waals surface area contributed by atoms with Gasteiger partial charge in [0.2, 0.25) is 5.16 Å². The summed E-state index contributed by atoms with van der Waals surface area (Å²) in [6.45, 7) is 0. The molecule has 1 heterocycles. The molecule has 0 unspecified atom stereocenters. The van der Waals surface area contributed by atoms with Crippen LogP contribution < -0.4 is 0 Å². The second kappa shape index (κ2) is 4.89. The number of nitrogens with zero attached hydrogens (tertiary/aromatic N) is 2. The number of hydrogen-bond acceptors (Lipinski definition) is 3. The van der Waals surface area contributed by atoms with Crippen LogP contribution in [0.2, 0.25) is 0 Å². The molecule has 0 aliphatic rings. The van der Waals surface area contributed by atoms with E-state index in [1.54, 1.807) is 0 Å². The van der Waals surface area contributed by atoms with Gasteiger partial charge in [-0.15, -0.1) is 0 Å². The highest BCUT2D eigenvalue weighted by atomic mass is 32.2. The first-order valence-electron chi connectivity index (χ1n) is 4.86. The van der Waals surface area contributed by atoms with Crippen LogP contribution in [0.5, 0.6) is 0 Å². The Morgan fingerprint density at radius 3 is 2.72 bits per heavy atom. The molecule has 0 saturated heterocycles. The molecule has 0 aliphatic carbocycles. The Morgan fingerprint density at radius 2 is 2.11 bits per heavy atom. The predicted molar refractivity (Wildman–Crippen MR) is 57.9 cm³/mol. The molecule has 2 aromatic rings. The van der Waals surface area contributed by atoms with Gasteiger partial charge in [-0.3, -0.25) is 9.31 Å². The molecular weight excluding hydrogens is 267 g/mol. The van der Waals surface area contributed by atoms with Crippen molar-refractivity contribution in [3.05, 3.63) is 41.7 Å². The van der Waals surface area contributed by atoms with Gasteiger partial charge < -0.3 is 0 Å². The number of nitrogens with one attached hydrogen (secondary N) is 1. The monoisotopic (exact) mass is 275 g/mol. The highest BCUT2D eigenvalue weighted by molar-refractivity contribution is 7.84. The lowest BCUT2D eigenvalue weighted by atomic mass is 10.1. The molecule has 0 fully saturated rings. The van der Waals surface area contributed by atoms with Crippen LogP contribution in [0.25, 0.3) is 0 Å². The van der Waals surface area contributed by atoms with Crippen LogP contribution in [0.15, 0.2) is 35.7 Å². The summed E-state index contributed by atoms with van der Waals surface area (Å²) in [6.07, 6.45) is -3.21. The van der Waals surface area contributed by atoms with E-state index in [1.807, 2.05) is 0 Å². The zero-order valence-electron chi connectivity index (χ0n) is 8.94. The summed E-state index contributed by atoms with van der Waals surface area (Å²) >= 11 is 0. The third-order valence-electron chi connectivity index (χ3n) is 2.16. The van der Waals surface area contributed by atoms with Crippen molar-refractivity contribution in [1.29, 1.82) is 0 Å². The van der Waals surface area contributed by atoms with Gasteiger partial charge in [0, 0.05) is 0 Å². The van der Waals surface area contributed by atoms with Crippen LogP contribution in [-0.4, -0.2) is 19.4 Å². The summed E-state index contributed by atoms with van der Waals surface area (Å²) in [4.78, 5) is 3.69. The molecule has 0 spiro atoms. The Balaban J connectivity index is 2.18. The van der Waals surface area contributed by atoms with E-state index < -0.39 is 22.5 Å². The highest BCUT2D eigenvalue weighted by Gasteiger charge is 2.30. The smallest absolute Gasteiger partial charge is 0.252 e. The zero-order valence-corrected chi connectivity index (χ0v) is 9.76. The fourth-order valence-corrected chi connectivity index (χ4v) is 2.30. The largest absolute Gasteiger partial charge is 0.416 e. The third kappa shape index (κ3) is 2.95. The summed E-state index contributed by atoms with van der Waals surface area (Å²) < 4.78 is 49.2. The second-order valence-corrected chi connectivity index (χ2v) is 4.85. The molecule has 1 aromatic heterocycles. The van der Waals surface area contributed by atoms with Crippen molar-refractivity contribution < 1.29 is 17.4 Å². The lowest BCUT2D eigenvalue weighted by Gasteiger charge is -2.07. The first-order valence-corrected chi connectivity index (χ1v) is 6.18. The lowest BCUT2D eigenvalue weighted by molar-refractivity contribution is -0.137. The van der Waals surface area contributed by atoms with Crippen molar-refractivity contribution in [2.24, 2.45) is 0 Å². The highest BCUT2D eigenvalue weighted by Crippen LogP contribution is 2.29. The van der Waals surface area contributed by atoms with Gasteiger partial charge in [0.25, 0.3) is 0 Å². The first kappa shape index (κ1) is 12.7. The molecule has 0 aliphatic heterocycles. The summed E-state index contributed by atoms with van der Waals surface area (Å²) in [6, 6.07) is 4.73. The number of aromatic nitrogens is 3.